The second kappa shape index (κ2) is 8.98. The lowest BCUT2D eigenvalue weighted by Gasteiger charge is -2.32. The summed E-state index contributed by atoms with van der Waals surface area (Å²) in [6.45, 7) is 3.67. The third-order valence-electron chi connectivity index (χ3n) is 6.50. The number of amides is 2. The Morgan fingerprint density at radius 2 is 1.88 bits per heavy atom. The minimum absolute atomic E-state index is 0.0391. The first-order valence-electron chi connectivity index (χ1n) is 11.2. The highest BCUT2D eigenvalue weighted by Crippen LogP contribution is 2.32. The molecule has 2 aliphatic heterocycles. The van der Waals surface area contributed by atoms with Crippen molar-refractivity contribution >= 4 is 29.1 Å². The highest BCUT2D eigenvalue weighted by Gasteiger charge is 2.38. The third-order valence-corrected chi connectivity index (χ3v) is 6.74. The number of benzene rings is 2. The zero-order chi connectivity index (χ0) is 22.9. The van der Waals surface area contributed by atoms with Crippen molar-refractivity contribution in [3.63, 3.8) is 0 Å². The predicted molar refractivity (Wildman–Crippen MR) is 125 cm³/mol. The molecule has 0 spiro atoms. The van der Waals surface area contributed by atoms with E-state index in [4.69, 9.17) is 16.1 Å². The fourth-order valence-corrected chi connectivity index (χ4v) is 4.78. The molecule has 2 aliphatic rings. The lowest BCUT2D eigenvalue weighted by Crippen LogP contribution is -2.42. The van der Waals surface area contributed by atoms with Crippen LogP contribution in [0.2, 0.25) is 5.02 Å². The van der Waals surface area contributed by atoms with Gasteiger partial charge in [-0.2, -0.15) is 4.98 Å². The van der Waals surface area contributed by atoms with Gasteiger partial charge in [0.1, 0.15) is 0 Å². The van der Waals surface area contributed by atoms with Gasteiger partial charge >= 0.3 is 0 Å². The van der Waals surface area contributed by atoms with Crippen LogP contribution in [-0.4, -0.2) is 46.5 Å². The van der Waals surface area contributed by atoms with E-state index in [-0.39, 0.29) is 30.1 Å². The highest BCUT2D eigenvalue weighted by molar-refractivity contribution is 6.31. The van der Waals surface area contributed by atoms with Gasteiger partial charge < -0.3 is 14.3 Å². The zero-order valence-corrected chi connectivity index (χ0v) is 19.2. The molecular formula is C25H25ClN4O3. The van der Waals surface area contributed by atoms with Crippen LogP contribution in [0.3, 0.4) is 0 Å². The fraction of sp³-hybridized carbons (Fsp3) is 0.360. The molecule has 5 rings (SSSR count). The number of hydrogen-bond acceptors (Lipinski definition) is 5. The standard InChI is InChI=1S/C25H25ClN4O3/c1-16-5-7-17(8-6-16)23-27-24(33-28-23)18-9-11-29(12-10-18)25(32)19-13-22(31)30(15-19)21-4-2-3-20(26)14-21/h2-8,14,18-19H,9-13,15H2,1H3. The van der Waals surface area contributed by atoms with Crippen molar-refractivity contribution in [3.8, 4) is 11.4 Å². The number of likely N-dealkylation sites (tertiary alicyclic amines) is 1. The smallest absolute Gasteiger partial charge is 0.230 e. The first kappa shape index (κ1) is 21.6. The maximum Gasteiger partial charge on any atom is 0.230 e. The summed E-state index contributed by atoms with van der Waals surface area (Å²) in [5, 5.41) is 4.71. The molecule has 2 fully saturated rings. The Kier molecular flexibility index (Phi) is 5.89. The molecule has 2 amide bonds. The number of rotatable bonds is 4. The quantitative estimate of drug-likeness (QED) is 0.569. The molecule has 0 N–H and O–H groups in total. The molecule has 1 aromatic heterocycles. The van der Waals surface area contributed by atoms with Crippen molar-refractivity contribution in [1.82, 2.24) is 15.0 Å². The molecule has 0 saturated carbocycles. The number of carbonyl (C=O) groups excluding carboxylic acids is 2. The Balaban J connectivity index is 1.19. The molecule has 2 saturated heterocycles. The molecule has 2 aromatic carbocycles. The molecule has 0 radical (unpaired) electrons. The molecule has 1 unspecified atom stereocenters. The monoisotopic (exact) mass is 464 g/mol. The van der Waals surface area contributed by atoms with E-state index in [1.54, 1.807) is 17.0 Å². The summed E-state index contributed by atoms with van der Waals surface area (Å²) >= 11 is 6.07. The second-order valence-corrected chi connectivity index (χ2v) is 9.24. The van der Waals surface area contributed by atoms with Crippen LogP contribution in [0.4, 0.5) is 5.69 Å². The van der Waals surface area contributed by atoms with Gasteiger partial charge in [0.05, 0.1) is 5.92 Å². The number of hydrogen-bond donors (Lipinski definition) is 0. The SMILES string of the molecule is Cc1ccc(-c2noc(C3CCN(C(=O)C4CC(=O)N(c5cccc(Cl)c5)C4)CC3)n2)cc1. The van der Waals surface area contributed by atoms with Crippen LogP contribution in [0.5, 0.6) is 0 Å². The molecular weight excluding hydrogens is 440 g/mol. The summed E-state index contributed by atoms with van der Waals surface area (Å²) in [4.78, 5) is 33.8. The zero-order valence-electron chi connectivity index (χ0n) is 18.4. The van der Waals surface area contributed by atoms with Gasteiger partial charge in [0.2, 0.25) is 23.5 Å². The summed E-state index contributed by atoms with van der Waals surface area (Å²) in [5.41, 5.74) is 2.85. The molecule has 33 heavy (non-hydrogen) atoms. The van der Waals surface area contributed by atoms with E-state index in [9.17, 15) is 9.59 Å². The van der Waals surface area contributed by atoms with Crippen molar-refractivity contribution in [2.45, 2.75) is 32.1 Å². The second-order valence-electron chi connectivity index (χ2n) is 8.81. The van der Waals surface area contributed by atoms with Gasteiger partial charge in [0.25, 0.3) is 0 Å². The first-order valence-corrected chi connectivity index (χ1v) is 11.6. The number of aryl methyl sites for hydroxylation is 1. The van der Waals surface area contributed by atoms with E-state index in [0.29, 0.717) is 36.4 Å². The lowest BCUT2D eigenvalue weighted by atomic mass is 9.95. The van der Waals surface area contributed by atoms with Gasteiger partial charge in [-0.25, -0.2) is 0 Å². The topological polar surface area (TPSA) is 79.5 Å². The summed E-state index contributed by atoms with van der Waals surface area (Å²) in [7, 11) is 0. The molecule has 0 bridgehead atoms. The van der Waals surface area contributed by atoms with E-state index in [1.807, 2.05) is 48.2 Å². The molecule has 170 valence electrons. The van der Waals surface area contributed by atoms with Gasteiger partial charge in [0, 0.05) is 48.2 Å². The van der Waals surface area contributed by atoms with Crippen LogP contribution >= 0.6 is 11.6 Å². The van der Waals surface area contributed by atoms with Gasteiger partial charge in [-0.15, -0.1) is 0 Å². The Labute approximate surface area is 197 Å². The van der Waals surface area contributed by atoms with Crippen LogP contribution in [0.15, 0.2) is 53.1 Å². The Morgan fingerprint density at radius 3 is 2.61 bits per heavy atom. The fourth-order valence-electron chi connectivity index (χ4n) is 4.59. The predicted octanol–water partition coefficient (Wildman–Crippen LogP) is 4.46. The average molecular weight is 465 g/mol. The molecule has 3 heterocycles. The number of piperidine rings is 1. The summed E-state index contributed by atoms with van der Waals surface area (Å²) in [6, 6.07) is 15.2. The van der Waals surface area contributed by atoms with E-state index < -0.39 is 0 Å². The van der Waals surface area contributed by atoms with Crippen LogP contribution in [0.1, 0.15) is 36.6 Å². The molecule has 3 aromatic rings. The Hall–Kier alpha value is -3.19. The van der Waals surface area contributed by atoms with Crippen molar-refractivity contribution < 1.29 is 14.1 Å². The van der Waals surface area contributed by atoms with E-state index in [1.165, 1.54) is 5.56 Å². The largest absolute Gasteiger partial charge is 0.342 e. The van der Waals surface area contributed by atoms with Crippen LogP contribution < -0.4 is 4.90 Å². The Morgan fingerprint density at radius 1 is 1.12 bits per heavy atom. The van der Waals surface area contributed by atoms with Crippen LogP contribution in [0.25, 0.3) is 11.4 Å². The molecule has 7 nitrogen and oxygen atoms in total. The molecule has 1 atom stereocenters. The number of aromatic nitrogens is 2. The minimum Gasteiger partial charge on any atom is -0.342 e. The summed E-state index contributed by atoms with van der Waals surface area (Å²) in [6.07, 6.45) is 1.76. The minimum atomic E-state index is -0.329. The van der Waals surface area contributed by atoms with Crippen molar-refractivity contribution in [1.29, 1.82) is 0 Å². The lowest BCUT2D eigenvalue weighted by molar-refractivity contribution is -0.136. The van der Waals surface area contributed by atoms with Crippen LogP contribution in [-0.2, 0) is 9.59 Å². The Bertz CT molecular complexity index is 1170. The first-order chi connectivity index (χ1) is 16.0. The summed E-state index contributed by atoms with van der Waals surface area (Å²) in [5.74, 6) is 1.02. The van der Waals surface area contributed by atoms with E-state index in [2.05, 4.69) is 10.1 Å². The number of halogens is 1. The van der Waals surface area contributed by atoms with Gasteiger partial charge in [0.15, 0.2) is 0 Å². The van der Waals surface area contributed by atoms with Gasteiger partial charge in [-0.05, 0) is 38.0 Å². The number of anilines is 1. The molecule has 8 heteroatoms. The normalized spacial score (nSPS) is 19.3. The van der Waals surface area contributed by atoms with Gasteiger partial charge in [-0.3, -0.25) is 9.59 Å². The van der Waals surface area contributed by atoms with Crippen molar-refractivity contribution in [2.24, 2.45) is 5.92 Å². The highest BCUT2D eigenvalue weighted by atomic mass is 35.5. The van der Waals surface area contributed by atoms with Gasteiger partial charge in [-0.1, -0.05) is 52.7 Å². The van der Waals surface area contributed by atoms with Crippen molar-refractivity contribution in [2.75, 3.05) is 24.5 Å². The van der Waals surface area contributed by atoms with Crippen molar-refractivity contribution in [3.05, 3.63) is 65.0 Å². The maximum absolute atomic E-state index is 13.1. The number of nitrogens with zero attached hydrogens (tertiary/aromatic N) is 4. The van der Waals surface area contributed by atoms with E-state index in [0.717, 1.165) is 24.1 Å². The maximum atomic E-state index is 13.1. The number of carbonyl (C=O) groups is 2. The average Bonchev–Trinajstić information content (AvgIpc) is 3.47. The summed E-state index contributed by atoms with van der Waals surface area (Å²) < 4.78 is 5.54. The molecule has 0 aliphatic carbocycles. The van der Waals surface area contributed by atoms with E-state index >= 15 is 0 Å². The third kappa shape index (κ3) is 4.50. The van der Waals surface area contributed by atoms with Crippen LogP contribution in [0, 0.1) is 12.8 Å².